The third-order valence-electron chi connectivity index (χ3n) is 7.22. The van der Waals surface area contributed by atoms with Crippen LogP contribution in [0.25, 0.3) is 0 Å². The quantitative estimate of drug-likeness (QED) is 0.210. The number of nitrogens with one attached hydrogen (secondary N) is 2. The van der Waals surface area contributed by atoms with E-state index >= 15 is 0 Å². The van der Waals surface area contributed by atoms with Crippen LogP contribution in [-0.2, 0) is 9.94 Å². The highest BCUT2D eigenvalue weighted by Crippen LogP contribution is 2.36. The zero-order valence-corrected chi connectivity index (χ0v) is 25.0. The van der Waals surface area contributed by atoms with Crippen molar-refractivity contribution in [3.05, 3.63) is 101 Å². The van der Waals surface area contributed by atoms with Crippen LogP contribution in [0.2, 0.25) is 5.04 Å². The van der Waals surface area contributed by atoms with Crippen molar-refractivity contribution in [3.8, 4) is 0 Å². The van der Waals surface area contributed by atoms with Crippen molar-refractivity contribution >= 4 is 30.5 Å². The van der Waals surface area contributed by atoms with Crippen LogP contribution < -0.4 is 21.2 Å². The molecule has 1 aliphatic heterocycles. The van der Waals surface area contributed by atoms with Gasteiger partial charge in [0, 0.05) is 11.4 Å². The van der Waals surface area contributed by atoms with E-state index < -0.39 is 8.32 Å². The van der Waals surface area contributed by atoms with Crippen LogP contribution in [0.5, 0.6) is 0 Å². The highest BCUT2D eigenvalue weighted by atomic mass is 32.2. The van der Waals surface area contributed by atoms with Gasteiger partial charge in [-0.25, -0.2) is 5.48 Å². The van der Waals surface area contributed by atoms with Crippen molar-refractivity contribution < 1.29 is 4.53 Å². The molecular weight excluding hydrogens is 489 g/mol. The standard InChI is InChI=1S/C32H42N2OSSi/c1-31(2,3)26-17-19-27(20-18-26)36-24-25-21-22-33-23-30(25)34-35-37(32(4,5)6,28-13-9-7-10-14-28)29-15-11-8-12-16-29/h7-20,24,30,33-34H,21-23H2,1-6H3/b25-24+. The first-order valence-electron chi connectivity index (χ1n) is 13.3. The Morgan fingerprint density at radius 2 is 1.41 bits per heavy atom. The smallest absolute Gasteiger partial charge is 0.287 e. The molecule has 3 nitrogen and oxygen atoms in total. The van der Waals surface area contributed by atoms with Crippen LogP contribution in [0.1, 0.15) is 53.5 Å². The van der Waals surface area contributed by atoms with Crippen LogP contribution >= 0.6 is 11.8 Å². The van der Waals surface area contributed by atoms with Crippen LogP contribution in [0.3, 0.4) is 0 Å². The minimum absolute atomic E-state index is 0.0712. The molecule has 1 fully saturated rings. The molecule has 3 aromatic carbocycles. The molecule has 0 aliphatic carbocycles. The summed E-state index contributed by atoms with van der Waals surface area (Å²) in [5, 5.41) is 8.39. The maximum Gasteiger partial charge on any atom is 0.287 e. The lowest BCUT2D eigenvalue weighted by atomic mass is 9.87. The van der Waals surface area contributed by atoms with Gasteiger partial charge in [0.05, 0.1) is 6.04 Å². The predicted octanol–water partition coefficient (Wildman–Crippen LogP) is 6.40. The predicted molar refractivity (Wildman–Crippen MR) is 162 cm³/mol. The lowest BCUT2D eigenvalue weighted by Gasteiger charge is -2.43. The van der Waals surface area contributed by atoms with Crippen molar-refractivity contribution in [1.29, 1.82) is 0 Å². The van der Waals surface area contributed by atoms with E-state index in [1.54, 1.807) is 0 Å². The normalized spacial score (nSPS) is 18.2. The van der Waals surface area contributed by atoms with Gasteiger partial charge >= 0.3 is 0 Å². The highest BCUT2D eigenvalue weighted by molar-refractivity contribution is 8.02. The molecule has 3 aromatic rings. The van der Waals surface area contributed by atoms with E-state index in [2.05, 4.69) is 143 Å². The van der Waals surface area contributed by atoms with Gasteiger partial charge in [0.25, 0.3) is 8.32 Å². The van der Waals surface area contributed by atoms with E-state index in [9.17, 15) is 0 Å². The minimum Gasteiger partial charge on any atom is -0.333 e. The number of hydrogen-bond acceptors (Lipinski definition) is 4. The third-order valence-corrected chi connectivity index (χ3v) is 13.0. The molecule has 1 saturated heterocycles. The summed E-state index contributed by atoms with van der Waals surface area (Å²) in [6.45, 7) is 15.6. The number of hydroxylamine groups is 1. The lowest BCUT2D eigenvalue weighted by Crippen LogP contribution is -2.69. The number of thioether (sulfide) groups is 1. The largest absolute Gasteiger partial charge is 0.333 e. The Labute approximate surface area is 229 Å². The van der Waals surface area contributed by atoms with Crippen molar-refractivity contribution in [1.82, 2.24) is 10.8 Å². The first kappa shape index (κ1) is 27.9. The topological polar surface area (TPSA) is 33.3 Å². The fourth-order valence-electron chi connectivity index (χ4n) is 5.03. The van der Waals surface area contributed by atoms with Crippen molar-refractivity contribution in [3.63, 3.8) is 0 Å². The monoisotopic (exact) mass is 530 g/mol. The molecule has 0 radical (unpaired) electrons. The minimum atomic E-state index is -2.65. The Hall–Kier alpha value is -2.15. The second-order valence-electron chi connectivity index (χ2n) is 12.0. The molecule has 2 N–H and O–H groups in total. The molecule has 0 spiro atoms. The summed E-state index contributed by atoms with van der Waals surface area (Å²) in [6, 6.07) is 30.7. The first-order chi connectivity index (χ1) is 17.6. The second-order valence-corrected chi connectivity index (χ2v) is 17.1. The summed E-state index contributed by atoms with van der Waals surface area (Å²) < 4.78 is 7.04. The van der Waals surface area contributed by atoms with Gasteiger partial charge in [-0.3, -0.25) is 0 Å². The van der Waals surface area contributed by atoms with Crippen molar-refractivity contribution in [2.75, 3.05) is 13.1 Å². The van der Waals surface area contributed by atoms with E-state index in [-0.39, 0.29) is 16.5 Å². The van der Waals surface area contributed by atoms with Gasteiger partial charge in [0.1, 0.15) is 0 Å². The summed E-state index contributed by atoms with van der Waals surface area (Å²) in [7, 11) is -2.65. The van der Waals surface area contributed by atoms with E-state index in [0.29, 0.717) is 0 Å². The van der Waals surface area contributed by atoms with Crippen molar-refractivity contribution in [2.45, 2.75) is 69.4 Å². The van der Waals surface area contributed by atoms with E-state index in [4.69, 9.17) is 4.53 Å². The fraction of sp³-hybridized carbons (Fsp3) is 0.375. The summed E-state index contributed by atoms with van der Waals surface area (Å²) in [6.07, 6.45) is 1.01. The molecule has 1 aliphatic rings. The summed E-state index contributed by atoms with van der Waals surface area (Å²) in [5.74, 6) is 0. The molecule has 0 bridgehead atoms. The average Bonchev–Trinajstić information content (AvgIpc) is 2.88. The van der Waals surface area contributed by atoms with Gasteiger partial charge in [-0.1, -0.05) is 126 Å². The van der Waals surface area contributed by atoms with Crippen LogP contribution in [0.4, 0.5) is 0 Å². The molecule has 37 heavy (non-hydrogen) atoms. The molecule has 1 unspecified atom stereocenters. The second kappa shape index (κ2) is 11.7. The van der Waals surface area contributed by atoms with Gasteiger partial charge in [-0.15, -0.1) is 0 Å². The Morgan fingerprint density at radius 1 is 0.838 bits per heavy atom. The van der Waals surface area contributed by atoms with Crippen LogP contribution in [0, 0.1) is 0 Å². The Balaban J connectivity index is 1.59. The van der Waals surface area contributed by atoms with Crippen molar-refractivity contribution in [2.24, 2.45) is 0 Å². The molecule has 0 amide bonds. The van der Waals surface area contributed by atoms with Crippen LogP contribution in [-0.4, -0.2) is 27.4 Å². The summed E-state index contributed by atoms with van der Waals surface area (Å²) >= 11 is 1.81. The van der Waals surface area contributed by atoms with E-state index in [0.717, 1.165) is 19.5 Å². The van der Waals surface area contributed by atoms with Gasteiger partial charge < -0.3 is 9.84 Å². The van der Waals surface area contributed by atoms with Gasteiger partial charge in [-0.2, -0.15) is 0 Å². The first-order valence-corrected chi connectivity index (χ1v) is 16.1. The number of rotatable bonds is 7. The van der Waals surface area contributed by atoms with Gasteiger partial charge in [0.15, 0.2) is 0 Å². The molecular formula is C32H42N2OSSi. The summed E-state index contributed by atoms with van der Waals surface area (Å²) in [4.78, 5) is 1.27. The Kier molecular flexibility index (Phi) is 8.82. The van der Waals surface area contributed by atoms with Gasteiger partial charge in [-0.05, 0) is 62.5 Å². The average molecular weight is 531 g/mol. The molecule has 196 valence electrons. The highest BCUT2D eigenvalue weighted by Gasteiger charge is 2.51. The molecule has 0 aromatic heterocycles. The zero-order chi connectivity index (χ0) is 26.5. The maximum atomic E-state index is 7.04. The molecule has 5 heteroatoms. The number of hydrogen-bond donors (Lipinski definition) is 2. The Morgan fingerprint density at radius 3 is 1.92 bits per heavy atom. The molecule has 4 rings (SSSR count). The van der Waals surface area contributed by atoms with E-state index in [1.807, 2.05) is 11.8 Å². The Bertz CT molecular complexity index is 1130. The summed E-state index contributed by atoms with van der Waals surface area (Å²) in [5.41, 5.74) is 6.53. The third kappa shape index (κ3) is 6.47. The van der Waals surface area contributed by atoms with E-state index in [1.165, 1.54) is 26.4 Å². The fourth-order valence-corrected chi connectivity index (χ4v) is 10.1. The number of benzene rings is 3. The maximum absolute atomic E-state index is 7.04. The molecule has 1 heterocycles. The zero-order valence-electron chi connectivity index (χ0n) is 23.2. The van der Waals surface area contributed by atoms with Gasteiger partial charge in [0.2, 0.25) is 0 Å². The molecule has 1 atom stereocenters. The number of piperidine rings is 1. The lowest BCUT2D eigenvalue weighted by molar-refractivity contribution is 0.147. The SMILES string of the molecule is CC(C)(C)c1ccc(S/C=C2\CCNCC2NO[Si](c2ccccc2)(c2ccccc2)C(C)(C)C)cc1. The molecule has 0 saturated carbocycles. The van der Waals surface area contributed by atoms with Crippen LogP contribution in [0.15, 0.2) is 101 Å².